The molecule has 0 bridgehead atoms. The molecule has 26 heavy (non-hydrogen) atoms. The summed E-state index contributed by atoms with van der Waals surface area (Å²) in [5.74, 6) is 0. The fourth-order valence-electron chi connectivity index (χ4n) is 4.74. The largest absolute Gasteiger partial charge is 0.369 e. The van der Waals surface area contributed by atoms with E-state index in [1.165, 1.54) is 43.2 Å². The quantitative estimate of drug-likeness (QED) is 0.741. The van der Waals surface area contributed by atoms with Gasteiger partial charge in [-0.2, -0.15) is 0 Å². The average molecular weight is 347 g/mol. The molecule has 134 valence electrons. The van der Waals surface area contributed by atoms with E-state index in [0.717, 1.165) is 36.5 Å². The van der Waals surface area contributed by atoms with Crippen molar-refractivity contribution in [3.63, 3.8) is 0 Å². The summed E-state index contributed by atoms with van der Waals surface area (Å²) in [4.78, 5) is 15.0. The molecule has 2 N–H and O–H groups in total. The Morgan fingerprint density at radius 2 is 1.96 bits per heavy atom. The summed E-state index contributed by atoms with van der Waals surface area (Å²) in [5.41, 5.74) is 4.64. The van der Waals surface area contributed by atoms with Crippen molar-refractivity contribution >= 4 is 16.7 Å². The first-order valence-corrected chi connectivity index (χ1v) is 9.72. The van der Waals surface area contributed by atoms with Gasteiger partial charge in [0.05, 0.1) is 16.8 Å². The number of anilines is 1. The molecule has 1 atom stereocenters. The molecule has 0 aromatic carbocycles. The third kappa shape index (κ3) is 2.67. The Bertz CT molecular complexity index is 890. The third-order valence-electron chi connectivity index (χ3n) is 5.99. The van der Waals surface area contributed by atoms with Crippen molar-refractivity contribution in [2.45, 2.75) is 37.6 Å². The average Bonchev–Trinajstić information content (AvgIpc) is 3.14. The molecule has 5 heteroatoms. The van der Waals surface area contributed by atoms with Crippen LogP contribution in [0.2, 0.25) is 0 Å². The summed E-state index contributed by atoms with van der Waals surface area (Å²) in [6.07, 6.45) is 12.3. The molecule has 2 aliphatic rings. The van der Waals surface area contributed by atoms with Gasteiger partial charge in [0.25, 0.3) is 0 Å². The van der Waals surface area contributed by atoms with Crippen LogP contribution < -0.4 is 10.2 Å². The fraction of sp³-hybridized carbons (Fsp3) is 0.429. The molecular weight excluding hydrogens is 322 g/mol. The first kappa shape index (κ1) is 15.8. The van der Waals surface area contributed by atoms with Gasteiger partial charge in [0.1, 0.15) is 5.65 Å². The number of fused-ring (bicyclic) bond motifs is 1. The van der Waals surface area contributed by atoms with Crippen molar-refractivity contribution < 1.29 is 0 Å². The molecule has 0 radical (unpaired) electrons. The lowest BCUT2D eigenvalue weighted by molar-refractivity contribution is 0.216. The Kier molecular flexibility index (Phi) is 3.89. The van der Waals surface area contributed by atoms with Gasteiger partial charge in [0.15, 0.2) is 0 Å². The lowest BCUT2D eigenvalue weighted by Crippen LogP contribution is -2.59. The Morgan fingerprint density at radius 3 is 2.81 bits per heavy atom. The smallest absolute Gasteiger partial charge is 0.140 e. The van der Waals surface area contributed by atoms with Crippen LogP contribution in [0.3, 0.4) is 0 Å². The molecule has 2 saturated heterocycles. The van der Waals surface area contributed by atoms with Gasteiger partial charge in [-0.05, 0) is 50.4 Å². The number of nitrogens with zero attached hydrogens (tertiary/aromatic N) is 3. The third-order valence-corrected chi connectivity index (χ3v) is 5.99. The van der Waals surface area contributed by atoms with E-state index < -0.39 is 0 Å². The van der Waals surface area contributed by atoms with Crippen LogP contribution in [0.15, 0.2) is 42.9 Å². The number of hydrogen-bond acceptors (Lipinski definition) is 4. The summed E-state index contributed by atoms with van der Waals surface area (Å²) >= 11 is 0. The van der Waals surface area contributed by atoms with Gasteiger partial charge in [-0.25, -0.2) is 4.98 Å². The minimum Gasteiger partial charge on any atom is -0.369 e. The van der Waals surface area contributed by atoms with Crippen LogP contribution in [0.4, 0.5) is 5.69 Å². The van der Waals surface area contributed by atoms with Gasteiger partial charge in [-0.15, -0.1) is 0 Å². The highest BCUT2D eigenvalue weighted by molar-refractivity contribution is 6.01. The topological polar surface area (TPSA) is 56.8 Å². The molecule has 3 aromatic heterocycles. The van der Waals surface area contributed by atoms with E-state index in [1.54, 1.807) is 0 Å². The van der Waals surface area contributed by atoms with Gasteiger partial charge >= 0.3 is 0 Å². The van der Waals surface area contributed by atoms with Gasteiger partial charge in [0, 0.05) is 42.8 Å². The van der Waals surface area contributed by atoms with E-state index in [0.29, 0.717) is 0 Å². The molecule has 3 aromatic rings. The second-order valence-corrected chi connectivity index (χ2v) is 7.66. The maximum absolute atomic E-state index is 4.56. The molecule has 2 aliphatic heterocycles. The number of H-pyrrole nitrogens is 1. The lowest BCUT2D eigenvalue weighted by atomic mass is 9.81. The van der Waals surface area contributed by atoms with E-state index >= 15 is 0 Å². The highest BCUT2D eigenvalue weighted by Crippen LogP contribution is 2.38. The number of nitrogens with one attached hydrogen (secondary N) is 2. The maximum Gasteiger partial charge on any atom is 0.140 e. The van der Waals surface area contributed by atoms with Gasteiger partial charge < -0.3 is 15.2 Å². The summed E-state index contributed by atoms with van der Waals surface area (Å²) in [7, 11) is 0. The standard InChI is InChI=1S/C21H25N5/c1-3-10-22-17(6-1)16-14-24-20-19(16)18(7-12-23-20)26-13-5-9-21(15-26)8-2-4-11-25-21/h1,3,6-7,10,12,14,25H,2,4-5,8-9,11,13,15H2,(H,23,24)/t21-/m1/s1. The zero-order chi connectivity index (χ0) is 17.4. The summed E-state index contributed by atoms with van der Waals surface area (Å²) in [5, 5.41) is 5.04. The number of aromatic amines is 1. The highest BCUT2D eigenvalue weighted by atomic mass is 15.2. The lowest BCUT2D eigenvalue weighted by Gasteiger charge is -2.47. The Morgan fingerprint density at radius 1 is 1.00 bits per heavy atom. The van der Waals surface area contributed by atoms with Crippen LogP contribution in [0.25, 0.3) is 22.3 Å². The van der Waals surface area contributed by atoms with Crippen molar-refractivity contribution in [3.05, 3.63) is 42.9 Å². The van der Waals surface area contributed by atoms with Crippen LogP contribution in [0, 0.1) is 0 Å². The van der Waals surface area contributed by atoms with Crippen molar-refractivity contribution in [1.29, 1.82) is 0 Å². The van der Waals surface area contributed by atoms with E-state index in [1.807, 2.05) is 30.7 Å². The van der Waals surface area contributed by atoms with E-state index in [4.69, 9.17) is 0 Å². The van der Waals surface area contributed by atoms with Crippen molar-refractivity contribution in [3.8, 4) is 11.3 Å². The number of hydrogen-bond donors (Lipinski definition) is 2. The first-order chi connectivity index (χ1) is 12.8. The monoisotopic (exact) mass is 347 g/mol. The van der Waals surface area contributed by atoms with Gasteiger partial charge in [-0.1, -0.05) is 12.5 Å². The van der Waals surface area contributed by atoms with Crippen LogP contribution in [-0.4, -0.2) is 40.1 Å². The fourth-order valence-corrected chi connectivity index (χ4v) is 4.74. The molecule has 0 unspecified atom stereocenters. The van der Waals surface area contributed by atoms with Crippen molar-refractivity contribution in [1.82, 2.24) is 20.3 Å². The SMILES string of the molecule is c1ccc(-c2c[nH]c3nccc(N4CCC[C@]5(CCCCN5)C4)c23)nc1. The van der Waals surface area contributed by atoms with Gasteiger partial charge in [0.2, 0.25) is 0 Å². The summed E-state index contributed by atoms with van der Waals surface area (Å²) < 4.78 is 0. The normalized spacial score (nSPS) is 23.6. The van der Waals surface area contributed by atoms with Crippen molar-refractivity contribution in [2.24, 2.45) is 0 Å². The molecule has 0 aliphatic carbocycles. The molecule has 5 heterocycles. The molecule has 1 spiro atoms. The molecule has 0 saturated carbocycles. The number of aromatic nitrogens is 3. The second-order valence-electron chi connectivity index (χ2n) is 7.66. The van der Waals surface area contributed by atoms with Crippen LogP contribution in [0.5, 0.6) is 0 Å². The second kappa shape index (κ2) is 6.40. The summed E-state index contributed by atoms with van der Waals surface area (Å²) in [6, 6.07) is 8.24. The number of piperidine rings is 2. The van der Waals surface area contributed by atoms with Crippen molar-refractivity contribution in [2.75, 3.05) is 24.5 Å². The number of rotatable bonds is 2. The van der Waals surface area contributed by atoms with E-state index in [-0.39, 0.29) is 5.54 Å². The van der Waals surface area contributed by atoms with Crippen LogP contribution in [-0.2, 0) is 0 Å². The predicted octanol–water partition coefficient (Wildman–Crippen LogP) is 3.74. The minimum absolute atomic E-state index is 0.285. The molecule has 5 rings (SSSR count). The van der Waals surface area contributed by atoms with Crippen LogP contribution >= 0.6 is 0 Å². The first-order valence-electron chi connectivity index (χ1n) is 9.72. The Balaban J connectivity index is 1.57. The Labute approximate surface area is 153 Å². The molecule has 5 nitrogen and oxygen atoms in total. The van der Waals surface area contributed by atoms with E-state index in [9.17, 15) is 0 Å². The zero-order valence-electron chi connectivity index (χ0n) is 15.0. The molecular formula is C21H25N5. The van der Waals surface area contributed by atoms with Crippen LogP contribution in [0.1, 0.15) is 32.1 Å². The van der Waals surface area contributed by atoms with E-state index in [2.05, 4.69) is 37.3 Å². The summed E-state index contributed by atoms with van der Waals surface area (Å²) in [6.45, 7) is 3.34. The minimum atomic E-state index is 0.285. The Hall–Kier alpha value is -2.40. The highest BCUT2D eigenvalue weighted by Gasteiger charge is 2.36. The zero-order valence-corrected chi connectivity index (χ0v) is 15.0. The molecule has 2 fully saturated rings. The predicted molar refractivity (Wildman–Crippen MR) is 105 cm³/mol. The number of pyridine rings is 2. The van der Waals surface area contributed by atoms with Gasteiger partial charge in [-0.3, -0.25) is 4.98 Å². The maximum atomic E-state index is 4.56. The molecule has 0 amide bonds.